The quantitative estimate of drug-likeness (QED) is 0.849. The molecule has 0 fully saturated rings. The van der Waals surface area contributed by atoms with Crippen LogP contribution in [0, 0.1) is 17.5 Å². The lowest BCUT2D eigenvalue weighted by Gasteiger charge is -2.06. The molecule has 2 rings (SSSR count). The molecule has 0 amide bonds. The van der Waals surface area contributed by atoms with Gasteiger partial charge in [-0.1, -0.05) is 6.58 Å². The Bertz CT molecular complexity index is 578. The van der Waals surface area contributed by atoms with Crippen molar-refractivity contribution in [2.45, 2.75) is 6.54 Å². The zero-order valence-electron chi connectivity index (χ0n) is 9.33. The average Bonchev–Trinajstić information content (AvgIpc) is 2.80. The number of hydrogen-bond donors (Lipinski definition) is 1. The zero-order chi connectivity index (χ0) is 13.1. The van der Waals surface area contributed by atoms with Gasteiger partial charge in [0.15, 0.2) is 11.6 Å². The second kappa shape index (κ2) is 4.95. The molecule has 0 radical (unpaired) electrons. The molecule has 6 heteroatoms. The van der Waals surface area contributed by atoms with Gasteiger partial charge in [-0.05, 0) is 0 Å². The lowest BCUT2D eigenvalue weighted by Crippen LogP contribution is -2.02. The van der Waals surface area contributed by atoms with Gasteiger partial charge >= 0.3 is 0 Å². The molecule has 2 aromatic rings. The molecule has 0 bridgehead atoms. The van der Waals surface area contributed by atoms with Gasteiger partial charge in [-0.3, -0.25) is 0 Å². The number of nitrogens with one attached hydrogen (secondary N) is 1. The molecule has 1 aromatic carbocycles. The molecule has 0 unspecified atom stereocenters. The monoisotopic (exact) mass is 253 g/mol. The van der Waals surface area contributed by atoms with Crippen molar-refractivity contribution in [1.29, 1.82) is 0 Å². The van der Waals surface area contributed by atoms with Gasteiger partial charge < -0.3 is 5.32 Å². The summed E-state index contributed by atoms with van der Waals surface area (Å²) in [7, 11) is 0. The van der Waals surface area contributed by atoms with Gasteiger partial charge in [0, 0.05) is 36.6 Å². The Morgan fingerprint density at radius 1 is 1.22 bits per heavy atom. The highest BCUT2D eigenvalue weighted by Gasteiger charge is 2.09. The predicted molar refractivity (Wildman–Crippen MR) is 62.3 cm³/mol. The first-order valence-electron chi connectivity index (χ1n) is 5.14. The molecule has 0 aliphatic carbocycles. The van der Waals surface area contributed by atoms with Crippen molar-refractivity contribution < 1.29 is 13.2 Å². The first kappa shape index (κ1) is 12.2. The minimum absolute atomic E-state index is 0.0970. The minimum Gasteiger partial charge on any atom is -0.378 e. The molecule has 3 nitrogen and oxygen atoms in total. The van der Waals surface area contributed by atoms with E-state index in [1.54, 1.807) is 12.4 Å². The van der Waals surface area contributed by atoms with Gasteiger partial charge in [0.1, 0.15) is 5.82 Å². The Morgan fingerprint density at radius 3 is 2.61 bits per heavy atom. The topological polar surface area (TPSA) is 29.9 Å². The van der Waals surface area contributed by atoms with Crippen LogP contribution < -0.4 is 5.32 Å². The molecular formula is C12H10F3N3. The van der Waals surface area contributed by atoms with Crippen LogP contribution in [0.3, 0.4) is 0 Å². The van der Waals surface area contributed by atoms with Crippen molar-refractivity contribution in [3.63, 3.8) is 0 Å². The minimum atomic E-state index is -1.21. The molecule has 0 atom stereocenters. The summed E-state index contributed by atoms with van der Waals surface area (Å²) in [5.41, 5.74) is 0.666. The first-order chi connectivity index (χ1) is 8.60. The van der Waals surface area contributed by atoms with Crippen molar-refractivity contribution in [3.8, 4) is 0 Å². The largest absolute Gasteiger partial charge is 0.378 e. The van der Waals surface area contributed by atoms with Gasteiger partial charge in [-0.2, -0.15) is 5.10 Å². The summed E-state index contributed by atoms with van der Waals surface area (Å²) in [6, 6.07) is 1.29. The third kappa shape index (κ3) is 2.53. The van der Waals surface area contributed by atoms with E-state index in [0.29, 0.717) is 6.07 Å². The van der Waals surface area contributed by atoms with Crippen molar-refractivity contribution in [1.82, 2.24) is 9.78 Å². The van der Waals surface area contributed by atoms with Crippen molar-refractivity contribution >= 4 is 11.9 Å². The molecular weight excluding hydrogens is 243 g/mol. The summed E-state index contributed by atoms with van der Waals surface area (Å²) in [5.74, 6) is -3.15. The van der Waals surface area contributed by atoms with Crippen LogP contribution in [-0.2, 0) is 6.54 Å². The highest BCUT2D eigenvalue weighted by molar-refractivity contribution is 5.45. The molecule has 1 aromatic heterocycles. The molecule has 1 N–H and O–H groups in total. The van der Waals surface area contributed by atoms with Crippen LogP contribution in [0.4, 0.5) is 18.9 Å². The summed E-state index contributed by atoms with van der Waals surface area (Å²) in [6.07, 6.45) is 4.74. The van der Waals surface area contributed by atoms with Crippen LogP contribution >= 0.6 is 0 Å². The fourth-order valence-electron chi connectivity index (χ4n) is 1.42. The number of hydrogen-bond acceptors (Lipinski definition) is 2. The second-order valence-corrected chi connectivity index (χ2v) is 3.61. The Balaban J connectivity index is 2.10. The Morgan fingerprint density at radius 2 is 1.94 bits per heavy atom. The fraction of sp³-hybridized carbons (Fsp3) is 0.0833. The Kier molecular flexibility index (Phi) is 3.36. The van der Waals surface area contributed by atoms with Crippen molar-refractivity contribution in [2.24, 2.45) is 0 Å². The number of aromatic nitrogens is 2. The van der Waals surface area contributed by atoms with Crippen molar-refractivity contribution in [3.05, 3.63) is 54.1 Å². The molecule has 0 aliphatic heterocycles. The van der Waals surface area contributed by atoms with E-state index < -0.39 is 17.5 Å². The van der Waals surface area contributed by atoms with Gasteiger partial charge in [0.2, 0.25) is 0 Å². The third-order valence-corrected chi connectivity index (χ3v) is 2.33. The summed E-state index contributed by atoms with van der Waals surface area (Å²) in [6.45, 7) is 3.77. The molecule has 0 saturated carbocycles. The third-order valence-electron chi connectivity index (χ3n) is 2.33. The first-order valence-corrected chi connectivity index (χ1v) is 5.14. The normalized spacial score (nSPS) is 10.4. The highest BCUT2D eigenvalue weighted by atomic mass is 19.2. The molecule has 94 valence electrons. The lowest BCUT2D eigenvalue weighted by atomic mass is 10.2. The van der Waals surface area contributed by atoms with E-state index >= 15 is 0 Å². The number of halogens is 3. The van der Waals surface area contributed by atoms with Gasteiger partial charge in [0.05, 0.1) is 11.9 Å². The maximum Gasteiger partial charge on any atom is 0.161 e. The number of nitrogens with zero attached hydrogens (tertiary/aromatic N) is 2. The van der Waals surface area contributed by atoms with E-state index in [9.17, 15) is 13.2 Å². The van der Waals surface area contributed by atoms with E-state index in [-0.39, 0.29) is 12.2 Å². The van der Waals surface area contributed by atoms with Gasteiger partial charge in [-0.25, -0.2) is 17.9 Å². The SMILES string of the molecule is C=Cn1cc(CNc2cc(F)c(F)cc2F)cn1. The summed E-state index contributed by atoms with van der Waals surface area (Å²) in [4.78, 5) is 0. The second-order valence-electron chi connectivity index (χ2n) is 3.61. The maximum atomic E-state index is 13.3. The van der Waals surface area contributed by atoms with Crippen LogP contribution in [-0.4, -0.2) is 9.78 Å². The molecule has 0 saturated heterocycles. The van der Waals surface area contributed by atoms with E-state index in [1.165, 1.54) is 10.9 Å². The fourth-order valence-corrected chi connectivity index (χ4v) is 1.42. The van der Waals surface area contributed by atoms with Gasteiger partial charge in [0.25, 0.3) is 0 Å². The van der Waals surface area contributed by atoms with Crippen LogP contribution in [0.5, 0.6) is 0 Å². The maximum absolute atomic E-state index is 13.3. The van der Waals surface area contributed by atoms with Crippen LogP contribution in [0.2, 0.25) is 0 Å². The summed E-state index contributed by atoms with van der Waals surface area (Å²) >= 11 is 0. The zero-order valence-corrected chi connectivity index (χ0v) is 9.33. The van der Waals surface area contributed by atoms with E-state index in [1.807, 2.05) is 0 Å². The van der Waals surface area contributed by atoms with Gasteiger partial charge in [-0.15, -0.1) is 0 Å². The van der Waals surface area contributed by atoms with Crippen LogP contribution in [0.15, 0.2) is 31.1 Å². The average molecular weight is 253 g/mol. The predicted octanol–water partition coefficient (Wildman–Crippen LogP) is 3.01. The van der Waals surface area contributed by atoms with Crippen LogP contribution in [0.25, 0.3) is 6.20 Å². The lowest BCUT2D eigenvalue weighted by molar-refractivity contribution is 0.496. The van der Waals surface area contributed by atoms with E-state index in [4.69, 9.17) is 0 Å². The Labute approximate surface area is 102 Å². The molecule has 1 heterocycles. The summed E-state index contributed by atoms with van der Waals surface area (Å²) < 4.78 is 40.4. The molecule has 0 aliphatic rings. The van der Waals surface area contributed by atoms with E-state index in [2.05, 4.69) is 17.0 Å². The van der Waals surface area contributed by atoms with Crippen LogP contribution in [0.1, 0.15) is 5.56 Å². The highest BCUT2D eigenvalue weighted by Crippen LogP contribution is 2.19. The standard InChI is InChI=1S/C12H10F3N3/c1-2-18-7-8(6-17-18)5-16-12-4-10(14)9(13)3-11(12)15/h2-4,6-7,16H,1,5H2. The summed E-state index contributed by atoms with van der Waals surface area (Å²) in [5, 5.41) is 6.60. The van der Waals surface area contributed by atoms with Crippen molar-refractivity contribution in [2.75, 3.05) is 5.32 Å². The Hall–Kier alpha value is -2.24. The number of rotatable bonds is 4. The smallest absolute Gasteiger partial charge is 0.161 e. The number of anilines is 1. The number of benzene rings is 1. The molecule has 0 spiro atoms. The van der Waals surface area contributed by atoms with E-state index in [0.717, 1.165) is 11.6 Å². The molecule has 18 heavy (non-hydrogen) atoms.